The van der Waals surface area contributed by atoms with E-state index in [4.69, 9.17) is 11.6 Å². The molecule has 0 fully saturated rings. The van der Waals surface area contributed by atoms with Crippen LogP contribution in [0.1, 0.15) is 18.5 Å². The van der Waals surface area contributed by atoms with Crippen LogP contribution in [0.15, 0.2) is 36.9 Å². The summed E-state index contributed by atoms with van der Waals surface area (Å²) in [6, 6.07) is 4.04. The summed E-state index contributed by atoms with van der Waals surface area (Å²) in [7, 11) is 0. The molecular formula is C11H11ClN4. The van der Waals surface area contributed by atoms with Crippen LogP contribution >= 0.6 is 11.6 Å². The fourth-order valence-corrected chi connectivity index (χ4v) is 1.52. The molecule has 0 aliphatic carbocycles. The Balaban J connectivity index is 2.11. The number of hydrogen-bond donors (Lipinski definition) is 1. The summed E-state index contributed by atoms with van der Waals surface area (Å²) in [6.45, 7) is 2.04. The Kier molecular flexibility index (Phi) is 3.31. The lowest BCUT2D eigenvalue weighted by Crippen LogP contribution is -2.08. The number of anilines is 1. The van der Waals surface area contributed by atoms with E-state index in [1.807, 2.05) is 19.1 Å². The van der Waals surface area contributed by atoms with E-state index in [1.54, 1.807) is 18.6 Å². The minimum Gasteiger partial charge on any atom is -0.362 e. The quantitative estimate of drug-likeness (QED) is 0.887. The predicted molar refractivity (Wildman–Crippen MR) is 63.3 cm³/mol. The van der Waals surface area contributed by atoms with Gasteiger partial charge in [0.25, 0.3) is 0 Å². The Labute approximate surface area is 98.7 Å². The molecule has 0 saturated heterocycles. The summed E-state index contributed by atoms with van der Waals surface area (Å²) < 4.78 is 0. The molecule has 4 nitrogen and oxygen atoms in total. The zero-order valence-electron chi connectivity index (χ0n) is 8.76. The van der Waals surface area contributed by atoms with Crippen molar-refractivity contribution in [2.75, 3.05) is 5.32 Å². The average Bonchev–Trinajstić information content (AvgIpc) is 2.30. The van der Waals surface area contributed by atoms with E-state index in [0.29, 0.717) is 11.0 Å². The first kappa shape index (κ1) is 10.8. The van der Waals surface area contributed by atoms with Gasteiger partial charge < -0.3 is 5.32 Å². The maximum atomic E-state index is 5.75. The minimum atomic E-state index is 0.135. The summed E-state index contributed by atoms with van der Waals surface area (Å²) >= 11 is 5.75. The smallest absolute Gasteiger partial charge is 0.149 e. The summed E-state index contributed by atoms with van der Waals surface area (Å²) in [5.41, 5.74) is 1.14. The largest absolute Gasteiger partial charge is 0.362 e. The van der Waals surface area contributed by atoms with Crippen LogP contribution in [0.3, 0.4) is 0 Å². The lowest BCUT2D eigenvalue weighted by molar-refractivity contribution is 0.868. The van der Waals surface area contributed by atoms with Gasteiger partial charge in [-0.05, 0) is 24.6 Å². The fraction of sp³-hybridized carbons (Fsp3) is 0.182. The molecule has 0 aromatic carbocycles. The van der Waals surface area contributed by atoms with Gasteiger partial charge in [-0.1, -0.05) is 11.6 Å². The van der Waals surface area contributed by atoms with Crippen molar-refractivity contribution >= 4 is 17.4 Å². The average molecular weight is 235 g/mol. The Bertz CT molecular complexity index is 461. The van der Waals surface area contributed by atoms with Gasteiger partial charge in [-0.2, -0.15) is 0 Å². The molecule has 82 valence electrons. The maximum absolute atomic E-state index is 5.75. The van der Waals surface area contributed by atoms with Crippen LogP contribution in [0.5, 0.6) is 0 Å². The summed E-state index contributed by atoms with van der Waals surface area (Å²) in [4.78, 5) is 12.0. The van der Waals surface area contributed by atoms with Crippen molar-refractivity contribution < 1.29 is 0 Å². The van der Waals surface area contributed by atoms with E-state index >= 15 is 0 Å². The van der Waals surface area contributed by atoms with Crippen molar-refractivity contribution in [2.45, 2.75) is 13.0 Å². The molecule has 2 aromatic heterocycles. The SMILES string of the molecule is CC(Nc1cncc(Cl)n1)c1ccncc1. The molecule has 2 rings (SSSR count). The van der Waals surface area contributed by atoms with Gasteiger partial charge in [0.1, 0.15) is 11.0 Å². The summed E-state index contributed by atoms with van der Waals surface area (Å²) in [6.07, 6.45) is 6.67. The fourth-order valence-electron chi connectivity index (χ4n) is 1.37. The maximum Gasteiger partial charge on any atom is 0.149 e. The molecule has 1 N–H and O–H groups in total. The van der Waals surface area contributed by atoms with Gasteiger partial charge >= 0.3 is 0 Å². The molecule has 1 unspecified atom stereocenters. The normalized spacial score (nSPS) is 12.1. The van der Waals surface area contributed by atoms with Gasteiger partial charge in [0.05, 0.1) is 18.4 Å². The molecule has 0 aliphatic heterocycles. The first-order valence-corrected chi connectivity index (χ1v) is 5.27. The van der Waals surface area contributed by atoms with Crippen LogP contribution in [-0.2, 0) is 0 Å². The van der Waals surface area contributed by atoms with E-state index in [0.717, 1.165) is 5.56 Å². The highest BCUT2D eigenvalue weighted by molar-refractivity contribution is 6.29. The number of hydrogen-bond acceptors (Lipinski definition) is 4. The number of aromatic nitrogens is 3. The van der Waals surface area contributed by atoms with Gasteiger partial charge in [-0.3, -0.25) is 9.97 Å². The first-order chi connectivity index (χ1) is 7.75. The molecule has 5 heteroatoms. The highest BCUT2D eigenvalue weighted by atomic mass is 35.5. The molecule has 2 aromatic rings. The molecule has 16 heavy (non-hydrogen) atoms. The molecular weight excluding hydrogens is 224 g/mol. The lowest BCUT2D eigenvalue weighted by atomic mass is 10.1. The second-order valence-corrected chi connectivity index (χ2v) is 3.76. The number of rotatable bonds is 3. The van der Waals surface area contributed by atoms with Gasteiger partial charge in [-0.15, -0.1) is 0 Å². The van der Waals surface area contributed by atoms with Crippen molar-refractivity contribution in [1.82, 2.24) is 15.0 Å². The Morgan fingerprint density at radius 3 is 2.62 bits per heavy atom. The topological polar surface area (TPSA) is 50.7 Å². The first-order valence-electron chi connectivity index (χ1n) is 4.90. The van der Waals surface area contributed by atoms with Crippen LogP contribution in [0.4, 0.5) is 5.82 Å². The van der Waals surface area contributed by atoms with Crippen LogP contribution in [0, 0.1) is 0 Å². The third kappa shape index (κ3) is 2.67. The summed E-state index contributed by atoms with van der Waals surface area (Å²) in [5, 5.41) is 3.59. The highest BCUT2D eigenvalue weighted by Crippen LogP contribution is 2.17. The summed E-state index contributed by atoms with van der Waals surface area (Å²) in [5.74, 6) is 0.664. The number of nitrogens with one attached hydrogen (secondary N) is 1. The van der Waals surface area contributed by atoms with Gasteiger partial charge in [-0.25, -0.2) is 4.98 Å². The molecule has 0 spiro atoms. The zero-order chi connectivity index (χ0) is 11.4. The molecule has 0 aliphatic rings. The second kappa shape index (κ2) is 4.90. The third-order valence-corrected chi connectivity index (χ3v) is 2.36. The number of halogens is 1. The predicted octanol–water partition coefficient (Wildman–Crippen LogP) is 2.70. The van der Waals surface area contributed by atoms with Crippen LogP contribution in [-0.4, -0.2) is 15.0 Å². The molecule has 1 atom stereocenters. The van der Waals surface area contributed by atoms with Crippen molar-refractivity contribution in [2.24, 2.45) is 0 Å². The molecule has 0 amide bonds. The van der Waals surface area contributed by atoms with Crippen molar-refractivity contribution in [3.63, 3.8) is 0 Å². The van der Waals surface area contributed by atoms with Gasteiger partial charge in [0.2, 0.25) is 0 Å². The van der Waals surface area contributed by atoms with Crippen LogP contribution in [0.25, 0.3) is 0 Å². The van der Waals surface area contributed by atoms with Crippen molar-refractivity contribution in [3.05, 3.63) is 47.6 Å². The second-order valence-electron chi connectivity index (χ2n) is 3.37. The Morgan fingerprint density at radius 2 is 1.94 bits per heavy atom. The van der Waals surface area contributed by atoms with E-state index < -0.39 is 0 Å². The van der Waals surface area contributed by atoms with E-state index in [9.17, 15) is 0 Å². The van der Waals surface area contributed by atoms with Gasteiger partial charge in [0, 0.05) is 12.4 Å². The monoisotopic (exact) mass is 234 g/mol. The van der Waals surface area contributed by atoms with E-state index in [1.165, 1.54) is 6.20 Å². The standard InChI is InChI=1S/C11H11ClN4/c1-8(9-2-4-13-5-3-9)15-11-7-14-6-10(12)16-11/h2-8H,1H3,(H,15,16). The lowest BCUT2D eigenvalue weighted by Gasteiger charge is -2.14. The minimum absolute atomic E-state index is 0.135. The van der Waals surface area contributed by atoms with Gasteiger partial charge in [0.15, 0.2) is 0 Å². The highest BCUT2D eigenvalue weighted by Gasteiger charge is 2.05. The Hall–Kier alpha value is -1.68. The van der Waals surface area contributed by atoms with Crippen LogP contribution < -0.4 is 5.32 Å². The van der Waals surface area contributed by atoms with Crippen molar-refractivity contribution in [3.8, 4) is 0 Å². The van der Waals surface area contributed by atoms with Crippen molar-refractivity contribution in [1.29, 1.82) is 0 Å². The van der Waals surface area contributed by atoms with E-state index in [-0.39, 0.29) is 6.04 Å². The molecule has 0 bridgehead atoms. The zero-order valence-corrected chi connectivity index (χ0v) is 9.52. The Morgan fingerprint density at radius 1 is 1.19 bits per heavy atom. The molecule has 2 heterocycles. The number of pyridine rings is 1. The molecule has 0 radical (unpaired) electrons. The number of nitrogens with zero attached hydrogens (tertiary/aromatic N) is 3. The third-order valence-electron chi connectivity index (χ3n) is 2.18. The molecule has 0 saturated carbocycles. The van der Waals surface area contributed by atoms with Crippen LogP contribution in [0.2, 0.25) is 5.15 Å². The van der Waals surface area contributed by atoms with E-state index in [2.05, 4.69) is 20.3 Å².